The molecule has 0 fully saturated rings. The first-order valence-corrected chi connectivity index (χ1v) is 7.72. The first-order valence-electron chi connectivity index (χ1n) is 6.84. The van der Waals surface area contributed by atoms with Gasteiger partial charge in [0.05, 0.1) is 5.25 Å². The molecule has 0 bridgehead atoms. The Bertz CT molecular complexity index is 690. The second-order valence-corrected chi connectivity index (χ2v) is 5.78. The van der Waals surface area contributed by atoms with Gasteiger partial charge >= 0.3 is 6.03 Å². The predicted octanol–water partition coefficient (Wildman–Crippen LogP) is 2.20. The van der Waals surface area contributed by atoms with Crippen LogP contribution in [0, 0.1) is 5.82 Å². The number of nitrogens with zero attached hydrogens (tertiary/aromatic N) is 2. The molecule has 1 aromatic carbocycles. The van der Waals surface area contributed by atoms with E-state index in [0.717, 1.165) is 11.8 Å². The Morgan fingerprint density at radius 1 is 1.30 bits per heavy atom. The summed E-state index contributed by atoms with van der Waals surface area (Å²) in [5, 5.41) is 11.9. The lowest BCUT2D eigenvalue weighted by Crippen LogP contribution is -2.42. The molecule has 0 spiro atoms. The van der Waals surface area contributed by atoms with Crippen molar-refractivity contribution in [3.8, 4) is 11.5 Å². The Kier molecular flexibility index (Phi) is 5.69. The van der Waals surface area contributed by atoms with E-state index in [1.165, 1.54) is 24.3 Å². The third kappa shape index (κ3) is 4.78. The Morgan fingerprint density at radius 3 is 2.65 bits per heavy atom. The smallest absolute Gasteiger partial charge is 0.321 e. The number of thioether (sulfide) groups is 1. The van der Waals surface area contributed by atoms with Gasteiger partial charge in [-0.05, 0) is 38.1 Å². The van der Waals surface area contributed by atoms with Gasteiger partial charge in [-0.2, -0.15) is 0 Å². The van der Waals surface area contributed by atoms with E-state index in [0.29, 0.717) is 12.1 Å². The molecule has 122 valence electrons. The van der Waals surface area contributed by atoms with Crippen LogP contribution >= 0.6 is 11.8 Å². The van der Waals surface area contributed by atoms with Crippen LogP contribution in [0.2, 0.25) is 0 Å². The Balaban J connectivity index is 1.97. The molecule has 1 atom stereocenters. The van der Waals surface area contributed by atoms with Gasteiger partial charge in [0.15, 0.2) is 0 Å². The van der Waals surface area contributed by atoms with E-state index in [1.807, 2.05) is 0 Å². The fraction of sp³-hybridized carbons (Fsp3) is 0.286. The average Bonchev–Trinajstić information content (AvgIpc) is 2.96. The molecule has 0 aliphatic rings. The van der Waals surface area contributed by atoms with Crippen molar-refractivity contribution in [2.24, 2.45) is 0 Å². The van der Waals surface area contributed by atoms with Crippen molar-refractivity contribution in [3.05, 3.63) is 30.1 Å². The number of aromatic nitrogens is 2. The van der Waals surface area contributed by atoms with Crippen LogP contribution in [0.5, 0.6) is 0 Å². The normalized spacial score (nSPS) is 11.8. The van der Waals surface area contributed by atoms with Gasteiger partial charge in [-0.15, -0.1) is 10.2 Å². The average molecular weight is 338 g/mol. The standard InChI is InChI=1S/C14H15FN4O3S/c1-3-16-13(21)17-11(20)8(2)23-14-19-18-12(22-14)9-4-6-10(15)7-5-9/h4-8H,3H2,1-2H3,(H2,16,17,20,21). The van der Waals surface area contributed by atoms with Crippen LogP contribution in [0.25, 0.3) is 11.5 Å². The van der Waals surface area contributed by atoms with E-state index < -0.39 is 17.2 Å². The zero-order valence-corrected chi connectivity index (χ0v) is 13.3. The third-order valence-electron chi connectivity index (χ3n) is 2.72. The van der Waals surface area contributed by atoms with Crippen molar-refractivity contribution in [2.75, 3.05) is 6.54 Å². The Labute approximate surface area is 136 Å². The second kappa shape index (κ2) is 7.73. The molecule has 1 heterocycles. The summed E-state index contributed by atoms with van der Waals surface area (Å²) in [6.45, 7) is 3.78. The van der Waals surface area contributed by atoms with Crippen LogP contribution in [0.15, 0.2) is 33.9 Å². The highest BCUT2D eigenvalue weighted by Crippen LogP contribution is 2.26. The molecule has 0 aliphatic heterocycles. The number of carbonyl (C=O) groups is 2. The Morgan fingerprint density at radius 2 is 2.00 bits per heavy atom. The second-order valence-electron chi connectivity index (χ2n) is 4.49. The summed E-state index contributed by atoms with van der Waals surface area (Å²) in [6.07, 6.45) is 0. The zero-order chi connectivity index (χ0) is 16.8. The maximum atomic E-state index is 12.9. The van der Waals surface area contributed by atoms with Gasteiger partial charge in [-0.1, -0.05) is 11.8 Å². The topological polar surface area (TPSA) is 97.1 Å². The lowest BCUT2D eigenvalue weighted by Gasteiger charge is -2.08. The first-order chi connectivity index (χ1) is 11.0. The molecule has 1 unspecified atom stereocenters. The number of benzene rings is 1. The number of rotatable bonds is 5. The number of hydrogen-bond donors (Lipinski definition) is 2. The molecule has 0 aliphatic carbocycles. The molecule has 0 saturated carbocycles. The number of carbonyl (C=O) groups excluding carboxylic acids is 2. The van der Waals surface area contributed by atoms with Crippen molar-refractivity contribution in [1.29, 1.82) is 0 Å². The van der Waals surface area contributed by atoms with E-state index in [4.69, 9.17) is 4.42 Å². The number of nitrogens with one attached hydrogen (secondary N) is 2. The summed E-state index contributed by atoms with van der Waals surface area (Å²) in [5.74, 6) is -0.607. The van der Waals surface area contributed by atoms with Crippen LogP contribution in [0.4, 0.5) is 9.18 Å². The predicted molar refractivity (Wildman–Crippen MR) is 82.2 cm³/mol. The molecular weight excluding hydrogens is 323 g/mol. The quantitative estimate of drug-likeness (QED) is 0.811. The number of amides is 3. The van der Waals surface area contributed by atoms with Gasteiger partial charge in [-0.25, -0.2) is 9.18 Å². The molecule has 1 aromatic heterocycles. The van der Waals surface area contributed by atoms with E-state index in [-0.39, 0.29) is 16.9 Å². The molecule has 7 nitrogen and oxygen atoms in total. The lowest BCUT2D eigenvalue weighted by molar-refractivity contribution is -0.119. The van der Waals surface area contributed by atoms with Gasteiger partial charge < -0.3 is 9.73 Å². The number of halogens is 1. The summed E-state index contributed by atoms with van der Waals surface area (Å²) in [5.41, 5.74) is 0.574. The molecule has 2 aromatic rings. The van der Waals surface area contributed by atoms with E-state index in [2.05, 4.69) is 20.8 Å². The molecule has 23 heavy (non-hydrogen) atoms. The van der Waals surface area contributed by atoms with E-state index >= 15 is 0 Å². The molecule has 2 rings (SSSR count). The highest BCUT2D eigenvalue weighted by Gasteiger charge is 2.20. The van der Waals surface area contributed by atoms with Crippen LogP contribution in [-0.2, 0) is 4.79 Å². The van der Waals surface area contributed by atoms with Gasteiger partial charge in [0.25, 0.3) is 5.22 Å². The van der Waals surface area contributed by atoms with Crippen LogP contribution in [0.1, 0.15) is 13.8 Å². The SMILES string of the molecule is CCNC(=O)NC(=O)C(C)Sc1nnc(-c2ccc(F)cc2)o1. The first kappa shape index (κ1) is 16.9. The lowest BCUT2D eigenvalue weighted by atomic mass is 10.2. The number of urea groups is 1. The fourth-order valence-electron chi connectivity index (χ4n) is 1.59. The minimum Gasteiger partial charge on any atom is -0.411 e. The third-order valence-corrected chi connectivity index (χ3v) is 3.65. The summed E-state index contributed by atoms with van der Waals surface area (Å²) in [6, 6.07) is 5.05. The van der Waals surface area contributed by atoms with E-state index in [9.17, 15) is 14.0 Å². The molecule has 0 radical (unpaired) electrons. The van der Waals surface area contributed by atoms with E-state index in [1.54, 1.807) is 13.8 Å². The summed E-state index contributed by atoms with van der Waals surface area (Å²) in [4.78, 5) is 23.1. The maximum Gasteiger partial charge on any atom is 0.321 e. The minimum absolute atomic E-state index is 0.183. The minimum atomic E-state index is -0.598. The van der Waals surface area contributed by atoms with Crippen molar-refractivity contribution in [1.82, 2.24) is 20.8 Å². The summed E-state index contributed by atoms with van der Waals surface area (Å²) >= 11 is 1.02. The van der Waals surface area contributed by atoms with Crippen molar-refractivity contribution in [3.63, 3.8) is 0 Å². The van der Waals surface area contributed by atoms with Crippen LogP contribution in [-0.4, -0.2) is 33.9 Å². The Hall–Kier alpha value is -2.42. The van der Waals surface area contributed by atoms with Crippen molar-refractivity contribution in [2.45, 2.75) is 24.3 Å². The molecule has 2 N–H and O–H groups in total. The zero-order valence-electron chi connectivity index (χ0n) is 12.5. The monoisotopic (exact) mass is 338 g/mol. The molecule has 3 amide bonds. The molecule has 0 saturated heterocycles. The summed E-state index contributed by atoms with van der Waals surface area (Å²) in [7, 11) is 0. The van der Waals surface area contributed by atoms with Crippen LogP contribution < -0.4 is 10.6 Å². The summed E-state index contributed by atoms with van der Waals surface area (Å²) < 4.78 is 18.3. The largest absolute Gasteiger partial charge is 0.411 e. The van der Waals surface area contributed by atoms with Gasteiger partial charge in [0.2, 0.25) is 11.8 Å². The van der Waals surface area contributed by atoms with Crippen molar-refractivity contribution >= 4 is 23.7 Å². The molecular formula is C14H15FN4O3S. The fourth-order valence-corrected chi connectivity index (χ4v) is 2.27. The highest BCUT2D eigenvalue weighted by atomic mass is 32.2. The number of hydrogen-bond acceptors (Lipinski definition) is 6. The van der Waals surface area contributed by atoms with Crippen LogP contribution in [0.3, 0.4) is 0 Å². The molecule has 9 heteroatoms. The maximum absolute atomic E-state index is 12.9. The van der Waals surface area contributed by atoms with Gasteiger partial charge in [0.1, 0.15) is 5.82 Å². The number of imide groups is 1. The van der Waals surface area contributed by atoms with Gasteiger partial charge in [0, 0.05) is 12.1 Å². The van der Waals surface area contributed by atoms with Gasteiger partial charge in [-0.3, -0.25) is 10.1 Å². The highest BCUT2D eigenvalue weighted by molar-refractivity contribution is 8.00. The van der Waals surface area contributed by atoms with Crippen molar-refractivity contribution < 1.29 is 18.4 Å².